The summed E-state index contributed by atoms with van der Waals surface area (Å²) < 4.78 is 6.73. The molecule has 4 aromatic rings. The number of amides is 1. The predicted molar refractivity (Wildman–Crippen MR) is 103 cm³/mol. The number of hydrogen-bond donors (Lipinski definition) is 3. The quantitative estimate of drug-likeness (QED) is 0.487. The number of carbonyl (C=O) groups is 1. The van der Waals surface area contributed by atoms with Gasteiger partial charge in [0.15, 0.2) is 23.0 Å². The number of carbonyl (C=O) groups excluding carboxylic acids is 1. The first-order valence-electron chi connectivity index (χ1n) is 8.97. The number of hydrogen-bond acceptors (Lipinski definition) is 7. The van der Waals surface area contributed by atoms with E-state index in [2.05, 4.69) is 30.4 Å². The van der Waals surface area contributed by atoms with Gasteiger partial charge in [-0.1, -0.05) is 6.07 Å². The van der Waals surface area contributed by atoms with Crippen molar-refractivity contribution in [3.8, 4) is 17.3 Å². The Morgan fingerprint density at radius 1 is 1.28 bits per heavy atom. The van der Waals surface area contributed by atoms with E-state index in [-0.39, 0.29) is 24.0 Å². The van der Waals surface area contributed by atoms with Gasteiger partial charge in [-0.3, -0.25) is 4.79 Å². The maximum atomic E-state index is 12.5. The van der Waals surface area contributed by atoms with E-state index in [1.807, 2.05) is 13.0 Å². The molecule has 10 nitrogen and oxygen atoms in total. The van der Waals surface area contributed by atoms with Crippen LogP contribution in [0.25, 0.3) is 17.0 Å². The van der Waals surface area contributed by atoms with Crippen LogP contribution in [0.2, 0.25) is 0 Å². The minimum atomic E-state index is -0.261. The fraction of sp³-hybridized carbons (Fsp3) is 0.211. The number of ether oxygens (including phenoxy) is 1. The lowest BCUT2D eigenvalue weighted by Gasteiger charge is -2.24. The number of H-pyrrole nitrogens is 1. The molecule has 146 valence electrons. The van der Waals surface area contributed by atoms with E-state index < -0.39 is 0 Å². The van der Waals surface area contributed by atoms with Gasteiger partial charge in [-0.15, -0.1) is 0 Å². The second-order valence-corrected chi connectivity index (χ2v) is 6.79. The lowest BCUT2D eigenvalue weighted by atomic mass is 9.85. The fourth-order valence-electron chi connectivity index (χ4n) is 3.82. The van der Waals surface area contributed by atoms with Crippen LogP contribution in [0, 0.1) is 6.92 Å². The lowest BCUT2D eigenvalue weighted by Crippen LogP contribution is -2.25. The Balaban J connectivity index is 1.69. The average molecular weight is 391 g/mol. The highest BCUT2D eigenvalue weighted by Crippen LogP contribution is 2.42. The van der Waals surface area contributed by atoms with Crippen LogP contribution in [0.15, 0.2) is 30.9 Å². The highest BCUT2D eigenvalue weighted by molar-refractivity contribution is 5.95. The summed E-state index contributed by atoms with van der Waals surface area (Å²) in [6.07, 6.45) is 3.19. The third-order valence-electron chi connectivity index (χ3n) is 5.11. The van der Waals surface area contributed by atoms with Crippen LogP contribution in [-0.2, 0) is 4.79 Å². The second kappa shape index (κ2) is 6.30. The number of aromatic amines is 1. The van der Waals surface area contributed by atoms with E-state index in [0.29, 0.717) is 28.5 Å². The van der Waals surface area contributed by atoms with Crippen LogP contribution >= 0.6 is 0 Å². The molecule has 1 amide bonds. The van der Waals surface area contributed by atoms with Gasteiger partial charge in [0, 0.05) is 17.9 Å². The first-order chi connectivity index (χ1) is 14.1. The molecule has 4 heterocycles. The van der Waals surface area contributed by atoms with Crippen molar-refractivity contribution < 1.29 is 14.6 Å². The molecule has 3 aromatic heterocycles. The zero-order chi connectivity index (χ0) is 20.1. The molecule has 5 rings (SSSR count). The van der Waals surface area contributed by atoms with Crippen molar-refractivity contribution in [1.29, 1.82) is 0 Å². The minimum absolute atomic E-state index is 0.0255. The lowest BCUT2D eigenvalue weighted by molar-refractivity contribution is -0.116. The molecule has 0 spiro atoms. The van der Waals surface area contributed by atoms with E-state index in [0.717, 1.165) is 16.8 Å². The number of aromatic hydroxyl groups is 1. The Morgan fingerprint density at radius 2 is 2.14 bits per heavy atom. The number of imidazole rings is 1. The summed E-state index contributed by atoms with van der Waals surface area (Å²) >= 11 is 0. The highest BCUT2D eigenvalue weighted by atomic mass is 16.5. The minimum Gasteiger partial charge on any atom is -0.504 e. The normalized spacial score (nSPS) is 15.9. The van der Waals surface area contributed by atoms with E-state index in [4.69, 9.17) is 4.74 Å². The van der Waals surface area contributed by atoms with Gasteiger partial charge in [0.2, 0.25) is 5.91 Å². The summed E-state index contributed by atoms with van der Waals surface area (Å²) in [6, 6.07) is 5.16. The molecule has 0 saturated heterocycles. The second-order valence-electron chi connectivity index (χ2n) is 6.79. The number of rotatable bonds is 3. The van der Waals surface area contributed by atoms with Crippen LogP contribution < -0.4 is 10.1 Å². The van der Waals surface area contributed by atoms with Crippen molar-refractivity contribution in [3.63, 3.8) is 0 Å². The number of phenols is 1. The smallest absolute Gasteiger partial charge is 0.226 e. The Kier molecular flexibility index (Phi) is 3.73. The summed E-state index contributed by atoms with van der Waals surface area (Å²) in [5.41, 5.74) is 3.57. The van der Waals surface area contributed by atoms with Crippen molar-refractivity contribution in [2.45, 2.75) is 19.3 Å². The number of nitrogens with one attached hydrogen (secondary N) is 2. The van der Waals surface area contributed by atoms with E-state index in [1.165, 1.54) is 19.8 Å². The van der Waals surface area contributed by atoms with Crippen molar-refractivity contribution in [3.05, 3.63) is 47.7 Å². The standard InChI is InChI=1S/C19H17N7O3/c1-9-15-11(10-3-4-13(29-2)12(27)5-10)6-14(28)24-18(15)26(25-9)19-16-17(21-7-20-16)22-8-23-19/h3-5,7-8,11,27H,6H2,1-2H3,(H,24,28)(H,20,21,22,23)/t11-/m1/s1. The van der Waals surface area contributed by atoms with Gasteiger partial charge in [0.1, 0.15) is 17.7 Å². The van der Waals surface area contributed by atoms with Crippen molar-refractivity contribution >= 4 is 22.9 Å². The number of methoxy groups -OCH3 is 1. The van der Waals surface area contributed by atoms with Gasteiger partial charge >= 0.3 is 0 Å². The van der Waals surface area contributed by atoms with Crippen LogP contribution in [0.4, 0.5) is 5.82 Å². The summed E-state index contributed by atoms with van der Waals surface area (Å²) in [4.78, 5) is 28.2. The summed E-state index contributed by atoms with van der Waals surface area (Å²) in [5.74, 6) is 1.04. The SMILES string of the molecule is COc1ccc([C@H]2CC(=O)Nc3c2c(C)nn3-c2ncnc3nc[nH]c23)cc1O. The number of nitrogens with zero attached hydrogens (tertiary/aromatic N) is 5. The van der Waals surface area contributed by atoms with Crippen molar-refractivity contribution in [2.75, 3.05) is 12.4 Å². The van der Waals surface area contributed by atoms with Gasteiger partial charge < -0.3 is 20.1 Å². The van der Waals surface area contributed by atoms with Gasteiger partial charge in [0.05, 0.1) is 19.1 Å². The monoisotopic (exact) mass is 391 g/mol. The van der Waals surface area contributed by atoms with Crippen LogP contribution in [0.3, 0.4) is 0 Å². The Morgan fingerprint density at radius 3 is 2.93 bits per heavy atom. The maximum absolute atomic E-state index is 12.5. The molecule has 0 bridgehead atoms. The Hall–Kier alpha value is -3.95. The third-order valence-corrected chi connectivity index (χ3v) is 5.11. The molecular formula is C19H17N7O3. The van der Waals surface area contributed by atoms with Crippen molar-refractivity contribution in [1.82, 2.24) is 29.7 Å². The summed E-state index contributed by atoms with van der Waals surface area (Å²) in [6.45, 7) is 1.88. The number of aromatic nitrogens is 6. The molecule has 1 atom stereocenters. The molecule has 0 unspecified atom stereocenters. The molecule has 0 radical (unpaired) electrons. The van der Waals surface area contributed by atoms with Gasteiger partial charge in [-0.05, 0) is 24.6 Å². The number of anilines is 1. The van der Waals surface area contributed by atoms with Crippen LogP contribution in [0.1, 0.15) is 29.2 Å². The van der Waals surface area contributed by atoms with Gasteiger partial charge in [0.25, 0.3) is 0 Å². The molecule has 3 N–H and O–H groups in total. The van der Waals surface area contributed by atoms with Crippen molar-refractivity contribution in [2.24, 2.45) is 0 Å². The molecule has 0 fully saturated rings. The van der Waals surface area contributed by atoms with Crippen LogP contribution in [-0.4, -0.2) is 47.8 Å². The number of fused-ring (bicyclic) bond motifs is 2. The Labute approximate surface area is 164 Å². The summed E-state index contributed by atoms with van der Waals surface area (Å²) in [7, 11) is 1.49. The predicted octanol–water partition coefficient (Wildman–Crippen LogP) is 2.04. The molecule has 29 heavy (non-hydrogen) atoms. The Bertz CT molecular complexity index is 1260. The maximum Gasteiger partial charge on any atom is 0.226 e. The zero-order valence-corrected chi connectivity index (χ0v) is 15.7. The number of benzene rings is 1. The zero-order valence-electron chi connectivity index (χ0n) is 15.7. The fourth-order valence-corrected chi connectivity index (χ4v) is 3.82. The molecule has 1 aromatic carbocycles. The summed E-state index contributed by atoms with van der Waals surface area (Å²) in [5, 5.41) is 17.8. The molecule has 10 heteroatoms. The first kappa shape index (κ1) is 17.2. The average Bonchev–Trinajstić information content (AvgIpc) is 3.32. The topological polar surface area (TPSA) is 131 Å². The largest absolute Gasteiger partial charge is 0.504 e. The van der Waals surface area contributed by atoms with Gasteiger partial charge in [-0.2, -0.15) is 9.78 Å². The number of aryl methyl sites for hydroxylation is 1. The molecule has 0 saturated carbocycles. The molecule has 1 aliphatic rings. The van der Waals surface area contributed by atoms with Gasteiger partial charge in [-0.25, -0.2) is 15.0 Å². The van der Waals surface area contributed by atoms with E-state index in [1.54, 1.807) is 16.8 Å². The highest BCUT2D eigenvalue weighted by Gasteiger charge is 2.33. The molecule has 1 aliphatic heterocycles. The van der Waals surface area contributed by atoms with E-state index in [9.17, 15) is 9.90 Å². The third kappa shape index (κ3) is 2.60. The van der Waals surface area contributed by atoms with Crippen LogP contribution in [0.5, 0.6) is 11.5 Å². The first-order valence-corrected chi connectivity index (χ1v) is 8.97. The molecule has 0 aliphatic carbocycles. The van der Waals surface area contributed by atoms with E-state index >= 15 is 0 Å². The molecular weight excluding hydrogens is 374 g/mol. The number of phenolic OH excluding ortho intramolecular Hbond substituents is 1.